The van der Waals surface area contributed by atoms with Crippen LogP contribution in [0.3, 0.4) is 0 Å². The molecule has 0 radical (unpaired) electrons. The molecule has 13 nitrogen and oxygen atoms in total. The van der Waals surface area contributed by atoms with Crippen LogP contribution >= 0.6 is 0 Å². The molecule has 0 aromatic carbocycles. The minimum Gasteiger partial charge on any atom is -0.351 e. The van der Waals surface area contributed by atoms with Gasteiger partial charge in [-0.2, -0.15) is 0 Å². The number of nitrogens with one attached hydrogen (secondary N) is 4. The quantitative estimate of drug-likeness (QED) is 0.0977. The van der Waals surface area contributed by atoms with Crippen LogP contribution in [0.4, 0.5) is 17.2 Å². The molecule has 0 aliphatic rings. The zero-order valence-electron chi connectivity index (χ0n) is 28.5. The highest BCUT2D eigenvalue weighted by Crippen LogP contribution is 2.19. The van der Waals surface area contributed by atoms with Crippen LogP contribution in [0.1, 0.15) is 122 Å². The van der Waals surface area contributed by atoms with Gasteiger partial charge >= 0.3 is 0 Å². The maximum atomic E-state index is 13.1. The summed E-state index contributed by atoms with van der Waals surface area (Å²) in [7, 11) is 5.10. The Morgan fingerprint density at radius 3 is 1.77 bits per heavy atom. The Balaban J connectivity index is 1.44. The highest BCUT2D eigenvalue weighted by Gasteiger charge is 2.19. The number of aryl methyl sites for hydroxylation is 3. The molecule has 3 heterocycles. The van der Waals surface area contributed by atoms with Crippen molar-refractivity contribution in [2.45, 2.75) is 90.4 Å². The summed E-state index contributed by atoms with van der Waals surface area (Å²) in [6.07, 6.45) is 19.4. The zero-order chi connectivity index (χ0) is 34.2. The van der Waals surface area contributed by atoms with E-state index in [1.165, 1.54) is 62.4 Å². The molecule has 3 rings (SSSR count). The summed E-state index contributed by atoms with van der Waals surface area (Å²) < 4.78 is 4.78. The second-order valence-electron chi connectivity index (χ2n) is 12.2. The molecule has 0 aliphatic carbocycles. The fourth-order valence-electron chi connectivity index (χ4n) is 5.39. The van der Waals surface area contributed by atoms with Gasteiger partial charge in [-0.3, -0.25) is 19.2 Å². The van der Waals surface area contributed by atoms with E-state index < -0.39 is 11.8 Å². The van der Waals surface area contributed by atoms with Crippen molar-refractivity contribution in [1.29, 1.82) is 0 Å². The number of carbonyl (C=O) groups excluding carboxylic acids is 4. The molecule has 0 spiro atoms. The third-order valence-corrected chi connectivity index (χ3v) is 8.01. The lowest BCUT2D eigenvalue weighted by molar-refractivity contribution is -0.116. The van der Waals surface area contributed by atoms with E-state index in [-0.39, 0.29) is 29.9 Å². The SMILES string of the molecule is CCCCCCCCCCCCCNC(=O)c1cc(NC(=O)c2cc(NC(=O)c3nc(NC(=O)CCCN)cn3C)cn2C)cn1C. The summed E-state index contributed by atoms with van der Waals surface area (Å²) in [6.45, 7) is 3.26. The Bertz CT molecular complexity index is 1470. The van der Waals surface area contributed by atoms with E-state index in [0.29, 0.717) is 42.3 Å². The smallest absolute Gasteiger partial charge is 0.291 e. The average Bonchev–Trinajstić information content (AvgIpc) is 3.71. The second kappa shape index (κ2) is 19.3. The number of amides is 4. The summed E-state index contributed by atoms with van der Waals surface area (Å²) in [5, 5.41) is 11.2. The largest absolute Gasteiger partial charge is 0.351 e. The van der Waals surface area contributed by atoms with Gasteiger partial charge in [-0.15, -0.1) is 0 Å². The first-order chi connectivity index (χ1) is 22.6. The molecule has 3 aromatic rings. The van der Waals surface area contributed by atoms with Crippen LogP contribution in [0.2, 0.25) is 0 Å². The minimum atomic E-state index is -0.501. The molecule has 0 aliphatic heterocycles. The summed E-state index contributed by atoms with van der Waals surface area (Å²) >= 11 is 0. The van der Waals surface area contributed by atoms with Crippen LogP contribution in [0.25, 0.3) is 0 Å². The monoisotopic (exact) mass is 651 g/mol. The van der Waals surface area contributed by atoms with Gasteiger partial charge in [0.1, 0.15) is 11.4 Å². The molecule has 0 saturated carbocycles. The van der Waals surface area contributed by atoms with Crippen molar-refractivity contribution in [2.75, 3.05) is 29.0 Å². The van der Waals surface area contributed by atoms with E-state index in [1.807, 2.05) is 0 Å². The van der Waals surface area contributed by atoms with Gasteiger partial charge in [0.05, 0.1) is 11.4 Å². The fraction of sp³-hybridized carbons (Fsp3) is 0.559. The summed E-state index contributed by atoms with van der Waals surface area (Å²) in [5.41, 5.74) is 7.09. The molecule has 0 atom stereocenters. The maximum absolute atomic E-state index is 13.1. The molecule has 258 valence electrons. The third-order valence-electron chi connectivity index (χ3n) is 8.01. The first-order valence-electron chi connectivity index (χ1n) is 16.9. The number of rotatable bonds is 21. The normalized spacial score (nSPS) is 11.0. The topological polar surface area (TPSA) is 170 Å². The van der Waals surface area contributed by atoms with Crippen molar-refractivity contribution in [1.82, 2.24) is 24.0 Å². The highest BCUT2D eigenvalue weighted by molar-refractivity contribution is 6.07. The van der Waals surface area contributed by atoms with Crippen LogP contribution in [-0.2, 0) is 25.9 Å². The van der Waals surface area contributed by atoms with Crippen molar-refractivity contribution in [3.05, 3.63) is 47.9 Å². The van der Waals surface area contributed by atoms with Gasteiger partial charge in [0.2, 0.25) is 11.7 Å². The summed E-state index contributed by atoms with van der Waals surface area (Å²) in [4.78, 5) is 55.0. The van der Waals surface area contributed by atoms with Crippen molar-refractivity contribution in [3.63, 3.8) is 0 Å². The number of imidazole rings is 1. The molecule has 0 unspecified atom stereocenters. The first kappa shape index (κ1) is 37.1. The molecule has 3 aromatic heterocycles. The van der Waals surface area contributed by atoms with Gasteiger partial charge in [0.15, 0.2) is 5.82 Å². The molecular weight excluding hydrogens is 598 g/mol. The van der Waals surface area contributed by atoms with Gasteiger partial charge in [-0.1, -0.05) is 71.1 Å². The van der Waals surface area contributed by atoms with E-state index >= 15 is 0 Å². The van der Waals surface area contributed by atoms with E-state index in [4.69, 9.17) is 5.73 Å². The number of nitrogens with two attached hydrogens (primary N) is 1. The Hall–Kier alpha value is -4.39. The lowest BCUT2D eigenvalue weighted by Gasteiger charge is -2.06. The van der Waals surface area contributed by atoms with Crippen molar-refractivity contribution >= 4 is 40.8 Å². The lowest BCUT2D eigenvalue weighted by atomic mass is 10.1. The standard InChI is InChI=1S/C34H53N9O4/c1-5-6-7-8-9-10-11-12-13-14-15-19-36-32(45)27-20-25(22-41(27)2)37-33(46)28-21-26(23-42(28)3)38-34(47)31-40-29(24-43(31)4)39-30(44)17-16-18-35/h20-24H,5-19,35H2,1-4H3,(H,36,45)(H,37,46)(H,38,47)(H,39,44). The molecule has 47 heavy (non-hydrogen) atoms. The maximum Gasteiger partial charge on any atom is 0.291 e. The van der Waals surface area contributed by atoms with E-state index in [2.05, 4.69) is 33.2 Å². The van der Waals surface area contributed by atoms with Gasteiger partial charge in [0, 0.05) is 52.7 Å². The Morgan fingerprint density at radius 1 is 0.660 bits per heavy atom. The number of anilines is 3. The van der Waals surface area contributed by atoms with Gasteiger partial charge in [0.25, 0.3) is 17.7 Å². The van der Waals surface area contributed by atoms with Crippen LogP contribution in [0, 0.1) is 0 Å². The minimum absolute atomic E-state index is 0.0903. The molecule has 0 saturated heterocycles. The third kappa shape index (κ3) is 12.0. The van der Waals surface area contributed by atoms with Gasteiger partial charge in [-0.25, -0.2) is 4.98 Å². The Labute approximate surface area is 278 Å². The molecule has 13 heteroatoms. The van der Waals surface area contributed by atoms with Crippen LogP contribution < -0.4 is 27.0 Å². The van der Waals surface area contributed by atoms with Crippen molar-refractivity contribution in [2.24, 2.45) is 26.9 Å². The van der Waals surface area contributed by atoms with E-state index in [9.17, 15) is 19.2 Å². The predicted molar refractivity (Wildman–Crippen MR) is 186 cm³/mol. The molecule has 4 amide bonds. The fourth-order valence-corrected chi connectivity index (χ4v) is 5.39. The molecule has 6 N–H and O–H groups in total. The second-order valence-corrected chi connectivity index (χ2v) is 12.2. The first-order valence-corrected chi connectivity index (χ1v) is 16.9. The van der Waals surface area contributed by atoms with Crippen molar-refractivity contribution < 1.29 is 19.2 Å². The highest BCUT2D eigenvalue weighted by atomic mass is 16.2. The number of hydrogen-bond donors (Lipinski definition) is 5. The summed E-state index contributed by atoms with van der Waals surface area (Å²) in [6, 6.07) is 3.20. The van der Waals surface area contributed by atoms with Crippen LogP contribution in [-0.4, -0.2) is 55.4 Å². The Morgan fingerprint density at radius 2 is 1.19 bits per heavy atom. The summed E-state index contributed by atoms with van der Waals surface area (Å²) in [5.74, 6) is -0.961. The van der Waals surface area contributed by atoms with Crippen molar-refractivity contribution in [3.8, 4) is 0 Å². The van der Waals surface area contributed by atoms with Crippen LogP contribution in [0.5, 0.6) is 0 Å². The van der Waals surface area contributed by atoms with E-state index in [0.717, 1.165) is 12.8 Å². The van der Waals surface area contributed by atoms with E-state index in [1.54, 1.807) is 61.0 Å². The number of nitrogens with zero attached hydrogens (tertiary/aromatic N) is 4. The number of unbranched alkanes of at least 4 members (excludes halogenated alkanes) is 10. The zero-order valence-corrected chi connectivity index (χ0v) is 28.5. The molecule has 0 fully saturated rings. The molecular formula is C34H53N9O4. The number of carbonyl (C=O) groups is 4. The number of aromatic nitrogens is 4. The van der Waals surface area contributed by atoms with Gasteiger partial charge in [-0.05, 0) is 31.5 Å². The van der Waals surface area contributed by atoms with Gasteiger partial charge < -0.3 is 40.7 Å². The molecule has 0 bridgehead atoms. The average molecular weight is 652 g/mol. The number of hydrogen-bond acceptors (Lipinski definition) is 6. The lowest BCUT2D eigenvalue weighted by Crippen LogP contribution is -2.26. The van der Waals surface area contributed by atoms with Crippen LogP contribution in [0.15, 0.2) is 30.7 Å². The Kier molecular flexibility index (Phi) is 15.2. The predicted octanol–water partition coefficient (Wildman–Crippen LogP) is 5.32.